The molecule has 0 aliphatic heterocycles. The van der Waals surface area contributed by atoms with Crippen LogP contribution in [-0.2, 0) is 4.79 Å². The van der Waals surface area contributed by atoms with E-state index in [1.165, 1.54) is 0 Å². The summed E-state index contributed by atoms with van der Waals surface area (Å²) in [6.45, 7) is 2.68. The van der Waals surface area contributed by atoms with E-state index in [0.29, 0.717) is 12.5 Å². The Morgan fingerprint density at radius 3 is 2.60 bits per heavy atom. The molecule has 0 aromatic carbocycles. The highest BCUT2D eigenvalue weighted by molar-refractivity contribution is 5.66. The summed E-state index contributed by atoms with van der Waals surface area (Å²) in [5, 5.41) is 8.30. The van der Waals surface area contributed by atoms with Gasteiger partial charge in [0.25, 0.3) is 0 Å². The molecular formula is C7H15NO2. The molecule has 0 spiro atoms. The average Bonchev–Trinajstić information content (AvgIpc) is 1.85. The smallest absolute Gasteiger partial charge is 0.303 e. The van der Waals surface area contributed by atoms with E-state index >= 15 is 0 Å². The Morgan fingerprint density at radius 2 is 2.20 bits per heavy atom. The topological polar surface area (TPSA) is 63.3 Å². The van der Waals surface area contributed by atoms with Gasteiger partial charge in [-0.15, -0.1) is 0 Å². The van der Waals surface area contributed by atoms with Crippen molar-refractivity contribution in [3.63, 3.8) is 0 Å². The predicted octanol–water partition coefficient (Wildman–Crippen LogP) is 0.836. The first-order chi connectivity index (χ1) is 4.66. The zero-order valence-corrected chi connectivity index (χ0v) is 6.34. The Labute approximate surface area is 61.2 Å². The van der Waals surface area contributed by atoms with Gasteiger partial charge in [-0.3, -0.25) is 4.79 Å². The molecule has 0 heterocycles. The Morgan fingerprint density at radius 1 is 1.60 bits per heavy atom. The van der Waals surface area contributed by atoms with Gasteiger partial charge in [-0.05, 0) is 25.3 Å². The van der Waals surface area contributed by atoms with Gasteiger partial charge in [0.1, 0.15) is 0 Å². The summed E-state index contributed by atoms with van der Waals surface area (Å²) in [6.07, 6.45) is 1.93. The lowest BCUT2D eigenvalue weighted by Crippen LogP contribution is -2.07. The van der Waals surface area contributed by atoms with Crippen LogP contribution in [0.15, 0.2) is 0 Å². The first-order valence-electron chi connectivity index (χ1n) is 3.58. The third-order valence-electron chi connectivity index (χ3n) is 1.51. The van der Waals surface area contributed by atoms with Gasteiger partial charge >= 0.3 is 5.97 Å². The van der Waals surface area contributed by atoms with Gasteiger partial charge in [-0.25, -0.2) is 0 Å². The Kier molecular flexibility index (Phi) is 4.94. The number of carboxylic acids is 1. The summed E-state index contributed by atoms with van der Waals surface area (Å²) >= 11 is 0. The van der Waals surface area contributed by atoms with Gasteiger partial charge in [0.05, 0.1) is 0 Å². The zero-order chi connectivity index (χ0) is 7.98. The van der Waals surface area contributed by atoms with Crippen LogP contribution >= 0.6 is 0 Å². The van der Waals surface area contributed by atoms with Crippen molar-refractivity contribution >= 4 is 5.97 Å². The lowest BCUT2D eigenvalue weighted by Gasteiger charge is -2.06. The molecule has 0 unspecified atom stereocenters. The summed E-state index contributed by atoms with van der Waals surface area (Å²) in [5.74, 6) is -0.273. The number of hydrogen-bond acceptors (Lipinski definition) is 2. The fraction of sp³-hybridized carbons (Fsp3) is 0.857. The highest BCUT2D eigenvalue weighted by Crippen LogP contribution is 2.08. The van der Waals surface area contributed by atoms with Crippen LogP contribution in [0, 0.1) is 5.92 Å². The molecule has 10 heavy (non-hydrogen) atoms. The highest BCUT2D eigenvalue weighted by atomic mass is 16.4. The SMILES string of the molecule is C[C@@H](CCN)CCC(=O)O. The Bertz CT molecular complexity index is 104. The average molecular weight is 145 g/mol. The van der Waals surface area contributed by atoms with E-state index in [4.69, 9.17) is 10.8 Å². The van der Waals surface area contributed by atoms with Crippen molar-refractivity contribution in [2.24, 2.45) is 11.7 Å². The second-order valence-corrected chi connectivity index (χ2v) is 2.61. The first kappa shape index (κ1) is 9.43. The fourth-order valence-electron chi connectivity index (χ4n) is 0.799. The van der Waals surface area contributed by atoms with E-state index in [0.717, 1.165) is 12.8 Å². The van der Waals surface area contributed by atoms with Gasteiger partial charge in [0.15, 0.2) is 0 Å². The summed E-state index contributed by atoms with van der Waals surface area (Å²) in [7, 11) is 0. The molecule has 0 aromatic heterocycles. The van der Waals surface area contributed by atoms with Gasteiger partial charge in [0.2, 0.25) is 0 Å². The van der Waals surface area contributed by atoms with E-state index in [-0.39, 0.29) is 6.42 Å². The molecule has 0 amide bonds. The zero-order valence-electron chi connectivity index (χ0n) is 6.34. The lowest BCUT2D eigenvalue weighted by molar-refractivity contribution is -0.137. The Balaban J connectivity index is 3.21. The first-order valence-corrected chi connectivity index (χ1v) is 3.58. The fourth-order valence-corrected chi connectivity index (χ4v) is 0.799. The monoisotopic (exact) mass is 145 g/mol. The number of rotatable bonds is 5. The van der Waals surface area contributed by atoms with Crippen molar-refractivity contribution in [3.05, 3.63) is 0 Å². The van der Waals surface area contributed by atoms with Crippen LogP contribution in [0.3, 0.4) is 0 Å². The highest BCUT2D eigenvalue weighted by Gasteiger charge is 2.03. The van der Waals surface area contributed by atoms with E-state index in [2.05, 4.69) is 0 Å². The van der Waals surface area contributed by atoms with E-state index in [1.54, 1.807) is 0 Å². The second kappa shape index (κ2) is 5.23. The molecule has 3 N–H and O–H groups in total. The summed E-state index contributed by atoms with van der Waals surface area (Å²) in [4.78, 5) is 10.1. The minimum absolute atomic E-state index is 0.265. The van der Waals surface area contributed by atoms with Crippen LogP contribution in [0.5, 0.6) is 0 Å². The molecule has 0 radical (unpaired) electrons. The van der Waals surface area contributed by atoms with Gasteiger partial charge in [0, 0.05) is 6.42 Å². The summed E-state index contributed by atoms with van der Waals surface area (Å²) in [5.41, 5.74) is 5.29. The molecule has 3 nitrogen and oxygen atoms in total. The van der Waals surface area contributed by atoms with Crippen LogP contribution < -0.4 is 5.73 Å². The molecule has 0 bridgehead atoms. The molecule has 0 saturated carbocycles. The number of carbonyl (C=O) groups is 1. The Hall–Kier alpha value is -0.570. The molecule has 1 atom stereocenters. The van der Waals surface area contributed by atoms with Crippen LogP contribution in [0.2, 0.25) is 0 Å². The molecule has 3 heteroatoms. The quantitative estimate of drug-likeness (QED) is 0.602. The molecule has 0 rings (SSSR count). The van der Waals surface area contributed by atoms with Gasteiger partial charge in [-0.2, -0.15) is 0 Å². The third kappa shape index (κ3) is 5.56. The third-order valence-corrected chi connectivity index (χ3v) is 1.51. The standard InChI is InChI=1S/C7H15NO2/c1-6(4-5-8)2-3-7(9)10/h6H,2-5,8H2,1H3,(H,9,10)/t6-/m1/s1. The molecule has 0 fully saturated rings. The van der Waals surface area contributed by atoms with Gasteiger partial charge in [-0.1, -0.05) is 6.92 Å². The van der Waals surface area contributed by atoms with Crippen molar-refractivity contribution in [1.29, 1.82) is 0 Å². The normalized spacial score (nSPS) is 13.0. The minimum atomic E-state index is -0.719. The molecule has 0 aromatic rings. The maximum Gasteiger partial charge on any atom is 0.303 e. The van der Waals surface area contributed by atoms with Crippen molar-refractivity contribution in [3.8, 4) is 0 Å². The summed E-state index contributed by atoms with van der Waals surface area (Å²) < 4.78 is 0. The lowest BCUT2D eigenvalue weighted by atomic mass is 10.0. The second-order valence-electron chi connectivity index (χ2n) is 2.61. The van der Waals surface area contributed by atoms with Crippen molar-refractivity contribution in [2.45, 2.75) is 26.2 Å². The minimum Gasteiger partial charge on any atom is -0.481 e. The molecule has 0 aliphatic rings. The van der Waals surface area contributed by atoms with Crippen LogP contribution in [0.1, 0.15) is 26.2 Å². The summed E-state index contributed by atoms with van der Waals surface area (Å²) in [6, 6.07) is 0. The van der Waals surface area contributed by atoms with E-state index < -0.39 is 5.97 Å². The maximum absolute atomic E-state index is 10.1. The molecule has 60 valence electrons. The number of hydrogen-bond donors (Lipinski definition) is 2. The number of carboxylic acid groups (broad SMARTS) is 1. The van der Waals surface area contributed by atoms with Crippen molar-refractivity contribution in [2.75, 3.05) is 6.54 Å². The van der Waals surface area contributed by atoms with Crippen molar-refractivity contribution in [1.82, 2.24) is 0 Å². The molecule has 0 saturated heterocycles. The maximum atomic E-state index is 10.1. The van der Waals surface area contributed by atoms with E-state index in [1.807, 2.05) is 6.92 Å². The van der Waals surface area contributed by atoms with E-state index in [9.17, 15) is 4.79 Å². The van der Waals surface area contributed by atoms with Crippen LogP contribution in [-0.4, -0.2) is 17.6 Å². The van der Waals surface area contributed by atoms with Gasteiger partial charge < -0.3 is 10.8 Å². The van der Waals surface area contributed by atoms with Crippen LogP contribution in [0.4, 0.5) is 0 Å². The van der Waals surface area contributed by atoms with Crippen molar-refractivity contribution < 1.29 is 9.90 Å². The largest absolute Gasteiger partial charge is 0.481 e. The number of nitrogens with two attached hydrogens (primary N) is 1. The van der Waals surface area contributed by atoms with Crippen LogP contribution in [0.25, 0.3) is 0 Å². The molecule has 0 aliphatic carbocycles. The predicted molar refractivity (Wildman–Crippen MR) is 39.7 cm³/mol. The molecular weight excluding hydrogens is 130 g/mol. The number of aliphatic carboxylic acids is 1.